The van der Waals surface area contributed by atoms with Gasteiger partial charge in [0.1, 0.15) is 0 Å². The van der Waals surface area contributed by atoms with E-state index in [0.29, 0.717) is 25.9 Å². The summed E-state index contributed by atoms with van der Waals surface area (Å²) in [6, 6.07) is 8.12. The highest BCUT2D eigenvalue weighted by Gasteiger charge is 2.36. The molecule has 0 N–H and O–H groups in total. The van der Waals surface area contributed by atoms with Crippen LogP contribution < -0.4 is 0 Å². The molecule has 1 aromatic rings. The van der Waals surface area contributed by atoms with Crippen LogP contribution >= 0.6 is 0 Å². The number of methoxy groups -OCH3 is 1. The number of carbonyl (C=O) groups excluding carboxylic acids is 2. The minimum absolute atomic E-state index is 0.0733. The van der Waals surface area contributed by atoms with Crippen LogP contribution in [-0.4, -0.2) is 54.5 Å². The summed E-state index contributed by atoms with van der Waals surface area (Å²) in [5, 5.41) is 0. The molecule has 0 spiro atoms. The molecule has 0 bridgehead atoms. The minimum Gasteiger partial charge on any atom is -0.376 e. The normalized spacial score (nSPS) is 20.4. The molecule has 0 aliphatic carbocycles. The Bertz CT molecular complexity index is 617. The Labute approximate surface area is 150 Å². The first-order valence-electron chi connectivity index (χ1n) is 8.96. The fraction of sp³-hybridized carbons (Fsp3) is 0.600. The Balaban J connectivity index is 1.93. The summed E-state index contributed by atoms with van der Waals surface area (Å²) in [5.74, 6) is 0.184. The van der Waals surface area contributed by atoms with Gasteiger partial charge in [-0.1, -0.05) is 24.3 Å². The van der Waals surface area contributed by atoms with Crippen molar-refractivity contribution < 1.29 is 14.3 Å². The van der Waals surface area contributed by atoms with Gasteiger partial charge in [-0.3, -0.25) is 9.59 Å². The number of hydrogen-bond acceptors (Lipinski definition) is 3. The number of aryl methyl sites for hydroxylation is 1. The van der Waals surface area contributed by atoms with Crippen molar-refractivity contribution in [2.75, 3.05) is 27.2 Å². The molecular formula is C20H30N2O3. The molecule has 1 heterocycles. The van der Waals surface area contributed by atoms with Gasteiger partial charge in [0.05, 0.1) is 5.60 Å². The number of nitrogens with zero attached hydrogens (tertiary/aromatic N) is 2. The van der Waals surface area contributed by atoms with Crippen LogP contribution in [0.3, 0.4) is 0 Å². The third-order valence-corrected chi connectivity index (χ3v) is 5.31. The lowest BCUT2D eigenvalue weighted by molar-refractivity contribution is -0.140. The molecule has 2 rings (SSSR count). The first kappa shape index (κ1) is 19.4. The largest absolute Gasteiger partial charge is 0.376 e. The van der Waals surface area contributed by atoms with Crippen LogP contribution in [0, 0.1) is 6.92 Å². The maximum absolute atomic E-state index is 12.6. The Kier molecular flexibility index (Phi) is 6.59. The van der Waals surface area contributed by atoms with Gasteiger partial charge in [0.2, 0.25) is 11.8 Å². The predicted octanol–water partition coefficient (Wildman–Crippen LogP) is 2.76. The van der Waals surface area contributed by atoms with Crippen LogP contribution in [-0.2, 0) is 20.9 Å². The molecule has 25 heavy (non-hydrogen) atoms. The molecule has 1 saturated heterocycles. The van der Waals surface area contributed by atoms with E-state index in [1.54, 1.807) is 18.9 Å². The average Bonchev–Trinajstić information content (AvgIpc) is 2.61. The summed E-state index contributed by atoms with van der Waals surface area (Å²) in [4.78, 5) is 27.8. The van der Waals surface area contributed by atoms with Gasteiger partial charge in [0, 0.05) is 47.1 Å². The average molecular weight is 346 g/mol. The second-order valence-corrected chi connectivity index (χ2v) is 7.11. The summed E-state index contributed by atoms with van der Waals surface area (Å²) in [5.41, 5.74) is 1.96. The van der Waals surface area contributed by atoms with Gasteiger partial charge in [0.25, 0.3) is 0 Å². The van der Waals surface area contributed by atoms with E-state index in [1.165, 1.54) is 11.1 Å². The van der Waals surface area contributed by atoms with Crippen molar-refractivity contribution in [1.82, 2.24) is 9.80 Å². The SMILES string of the molecule is CO[C@@]1(CCC(=O)N(C)Cc2ccccc2C)CCCN(C(C)=O)C1. The predicted molar refractivity (Wildman–Crippen MR) is 98.1 cm³/mol. The van der Waals surface area contributed by atoms with E-state index in [-0.39, 0.29) is 11.8 Å². The van der Waals surface area contributed by atoms with Gasteiger partial charge in [-0.15, -0.1) is 0 Å². The van der Waals surface area contributed by atoms with Crippen molar-refractivity contribution in [2.24, 2.45) is 0 Å². The zero-order chi connectivity index (χ0) is 18.4. The summed E-state index contributed by atoms with van der Waals surface area (Å²) < 4.78 is 5.76. The number of piperidine rings is 1. The summed E-state index contributed by atoms with van der Waals surface area (Å²) in [6.45, 7) is 5.62. The van der Waals surface area contributed by atoms with E-state index in [1.807, 2.05) is 24.1 Å². The first-order valence-corrected chi connectivity index (χ1v) is 8.96. The molecule has 1 aliphatic heterocycles. The van der Waals surface area contributed by atoms with Crippen LogP contribution in [0.25, 0.3) is 0 Å². The second-order valence-electron chi connectivity index (χ2n) is 7.11. The number of amides is 2. The quantitative estimate of drug-likeness (QED) is 0.796. The molecule has 5 nitrogen and oxygen atoms in total. The van der Waals surface area contributed by atoms with Crippen LogP contribution in [0.15, 0.2) is 24.3 Å². The Hall–Kier alpha value is -1.88. The van der Waals surface area contributed by atoms with E-state index >= 15 is 0 Å². The molecule has 1 fully saturated rings. The zero-order valence-corrected chi connectivity index (χ0v) is 15.9. The molecule has 138 valence electrons. The Morgan fingerprint density at radius 2 is 2.04 bits per heavy atom. The third kappa shape index (κ3) is 5.05. The van der Waals surface area contributed by atoms with Crippen molar-refractivity contribution in [2.45, 2.75) is 51.7 Å². The lowest BCUT2D eigenvalue weighted by Crippen LogP contribution is -2.51. The van der Waals surface area contributed by atoms with Gasteiger partial charge < -0.3 is 14.5 Å². The number of ether oxygens (including phenoxy) is 1. The number of likely N-dealkylation sites (tertiary alicyclic amines) is 1. The highest BCUT2D eigenvalue weighted by atomic mass is 16.5. The van der Waals surface area contributed by atoms with Crippen molar-refractivity contribution in [3.8, 4) is 0 Å². The molecule has 1 aromatic carbocycles. The van der Waals surface area contributed by atoms with Crippen molar-refractivity contribution in [3.05, 3.63) is 35.4 Å². The lowest BCUT2D eigenvalue weighted by atomic mass is 9.87. The van der Waals surface area contributed by atoms with Crippen LogP contribution in [0.5, 0.6) is 0 Å². The van der Waals surface area contributed by atoms with Gasteiger partial charge in [-0.05, 0) is 37.3 Å². The van der Waals surface area contributed by atoms with Gasteiger partial charge in [-0.25, -0.2) is 0 Å². The lowest BCUT2D eigenvalue weighted by Gasteiger charge is -2.41. The molecule has 0 unspecified atom stereocenters. The standard InChI is InChI=1S/C20H30N2O3/c1-16-8-5-6-9-18(16)14-21(3)19(24)10-12-20(25-4)11-7-13-22(15-20)17(2)23/h5-6,8-9H,7,10-15H2,1-4H3/t20-/m1/s1. The smallest absolute Gasteiger partial charge is 0.222 e. The van der Waals surface area contributed by atoms with Gasteiger partial charge in [-0.2, -0.15) is 0 Å². The zero-order valence-electron chi connectivity index (χ0n) is 15.9. The van der Waals surface area contributed by atoms with Crippen LogP contribution in [0.4, 0.5) is 0 Å². The first-order chi connectivity index (χ1) is 11.9. The fourth-order valence-corrected chi connectivity index (χ4v) is 3.50. The van der Waals surface area contributed by atoms with Crippen molar-refractivity contribution in [1.29, 1.82) is 0 Å². The van der Waals surface area contributed by atoms with E-state index in [9.17, 15) is 9.59 Å². The number of carbonyl (C=O) groups is 2. The topological polar surface area (TPSA) is 49.9 Å². The molecule has 1 aliphatic rings. The maximum atomic E-state index is 12.6. The Morgan fingerprint density at radius 3 is 2.68 bits per heavy atom. The number of benzene rings is 1. The summed E-state index contributed by atoms with van der Waals surface area (Å²) in [6.07, 6.45) is 2.88. The molecule has 5 heteroatoms. The molecule has 0 saturated carbocycles. The van der Waals surface area contributed by atoms with E-state index in [4.69, 9.17) is 4.74 Å². The van der Waals surface area contributed by atoms with Gasteiger partial charge in [0.15, 0.2) is 0 Å². The highest BCUT2D eigenvalue weighted by Crippen LogP contribution is 2.29. The van der Waals surface area contributed by atoms with Crippen molar-refractivity contribution in [3.63, 3.8) is 0 Å². The summed E-state index contributed by atoms with van der Waals surface area (Å²) in [7, 11) is 3.53. The molecule has 2 amide bonds. The molecule has 1 atom stereocenters. The van der Waals surface area contributed by atoms with E-state index < -0.39 is 5.60 Å². The molecular weight excluding hydrogens is 316 g/mol. The third-order valence-electron chi connectivity index (χ3n) is 5.31. The van der Waals surface area contributed by atoms with Crippen LogP contribution in [0.2, 0.25) is 0 Å². The highest BCUT2D eigenvalue weighted by molar-refractivity contribution is 5.76. The van der Waals surface area contributed by atoms with E-state index in [2.05, 4.69) is 19.1 Å². The van der Waals surface area contributed by atoms with Gasteiger partial charge >= 0.3 is 0 Å². The van der Waals surface area contributed by atoms with Crippen molar-refractivity contribution >= 4 is 11.8 Å². The van der Waals surface area contributed by atoms with E-state index in [0.717, 1.165) is 19.4 Å². The minimum atomic E-state index is -0.400. The van der Waals surface area contributed by atoms with Crippen LogP contribution in [0.1, 0.15) is 43.7 Å². The Morgan fingerprint density at radius 1 is 1.32 bits per heavy atom. The second kappa shape index (κ2) is 8.48. The number of rotatable bonds is 6. The monoisotopic (exact) mass is 346 g/mol. The molecule has 0 radical (unpaired) electrons. The maximum Gasteiger partial charge on any atom is 0.222 e. The molecule has 0 aromatic heterocycles. The number of hydrogen-bond donors (Lipinski definition) is 0. The summed E-state index contributed by atoms with van der Waals surface area (Å²) >= 11 is 0. The fourth-order valence-electron chi connectivity index (χ4n) is 3.50.